The number of fused-ring (bicyclic) bond motifs is 1. The number of rotatable bonds is 2. The van der Waals surface area contributed by atoms with Gasteiger partial charge in [0, 0.05) is 10.9 Å². The summed E-state index contributed by atoms with van der Waals surface area (Å²) < 4.78 is 1.04. The van der Waals surface area contributed by atoms with Gasteiger partial charge in [-0.2, -0.15) is 0 Å². The van der Waals surface area contributed by atoms with Gasteiger partial charge < -0.3 is 5.11 Å². The lowest BCUT2D eigenvalue weighted by Crippen LogP contribution is -2.52. The Morgan fingerprint density at radius 1 is 0.957 bits per heavy atom. The molecule has 0 spiro atoms. The highest BCUT2D eigenvalue weighted by atomic mass is 79.9. The van der Waals surface area contributed by atoms with Crippen molar-refractivity contribution in [3.05, 3.63) is 64.6 Å². The first kappa shape index (κ1) is 15.2. The van der Waals surface area contributed by atoms with E-state index < -0.39 is 11.2 Å². The molecule has 0 bridgehead atoms. The summed E-state index contributed by atoms with van der Waals surface area (Å²) in [7, 11) is 0. The third kappa shape index (κ3) is 2.32. The fourth-order valence-electron chi connectivity index (χ4n) is 4.04. The first-order valence-electron chi connectivity index (χ1n) is 8.14. The maximum Gasteiger partial charge on any atom is 0.203 e. The fraction of sp³-hybridized carbons (Fsp3) is 0.368. The number of hydrogen-bond donors (Lipinski definition) is 1. The van der Waals surface area contributed by atoms with Crippen LogP contribution in [0.1, 0.15) is 31.2 Å². The fourth-order valence-corrected chi connectivity index (χ4v) is 4.70. The normalized spacial score (nSPS) is 30.3. The molecule has 0 radical (unpaired) electrons. The molecular weight excluding hydrogens is 354 g/mol. The Morgan fingerprint density at radius 2 is 1.65 bits per heavy atom. The molecule has 3 nitrogen and oxygen atoms in total. The zero-order valence-electron chi connectivity index (χ0n) is 12.9. The Balaban J connectivity index is 1.81. The molecule has 0 amide bonds. The van der Waals surface area contributed by atoms with Crippen molar-refractivity contribution < 1.29 is 9.94 Å². The predicted molar refractivity (Wildman–Crippen MR) is 94.1 cm³/mol. The molecule has 1 saturated heterocycles. The number of halogens is 1. The lowest BCUT2D eigenvalue weighted by atomic mass is 9.65. The second kappa shape index (κ2) is 5.62. The van der Waals surface area contributed by atoms with Crippen LogP contribution < -0.4 is 5.06 Å². The van der Waals surface area contributed by atoms with E-state index in [9.17, 15) is 5.11 Å². The number of hydrogen-bond acceptors (Lipinski definition) is 3. The van der Waals surface area contributed by atoms with Gasteiger partial charge in [0.25, 0.3) is 0 Å². The van der Waals surface area contributed by atoms with Crippen molar-refractivity contribution >= 4 is 21.6 Å². The summed E-state index contributed by atoms with van der Waals surface area (Å²) in [6, 6.07) is 18.2. The average molecular weight is 374 g/mol. The molecule has 1 N–H and O–H groups in total. The molecule has 4 rings (SSSR count). The highest BCUT2D eigenvalue weighted by molar-refractivity contribution is 9.10. The zero-order valence-corrected chi connectivity index (χ0v) is 14.5. The van der Waals surface area contributed by atoms with Crippen molar-refractivity contribution in [2.45, 2.75) is 36.9 Å². The van der Waals surface area contributed by atoms with E-state index in [1.807, 2.05) is 53.6 Å². The Hall–Kier alpha value is -1.36. The smallest absolute Gasteiger partial charge is 0.203 e. The second-order valence-corrected chi connectivity index (χ2v) is 7.37. The lowest BCUT2D eigenvalue weighted by molar-refractivity contribution is -0.225. The maximum atomic E-state index is 11.4. The number of para-hydroxylation sites is 1. The van der Waals surface area contributed by atoms with E-state index in [-0.39, 0.29) is 0 Å². The first-order chi connectivity index (χ1) is 11.1. The summed E-state index contributed by atoms with van der Waals surface area (Å²) in [6.07, 6.45) is 3.69. The highest BCUT2D eigenvalue weighted by Crippen LogP contribution is 2.54. The van der Waals surface area contributed by atoms with Gasteiger partial charge in [0.1, 0.15) is 0 Å². The van der Waals surface area contributed by atoms with Crippen LogP contribution in [0.2, 0.25) is 0 Å². The summed E-state index contributed by atoms with van der Waals surface area (Å²) in [5.74, 6) is -1.15. The Kier molecular flexibility index (Phi) is 3.71. The third-order valence-corrected chi connectivity index (χ3v) is 5.92. The summed E-state index contributed by atoms with van der Waals surface area (Å²) in [6.45, 7) is 0.663. The molecule has 0 aromatic heterocycles. The van der Waals surface area contributed by atoms with Crippen LogP contribution in [0.4, 0.5) is 5.69 Å². The van der Waals surface area contributed by atoms with Crippen molar-refractivity contribution in [3.63, 3.8) is 0 Å². The Morgan fingerprint density at radius 3 is 2.43 bits per heavy atom. The third-order valence-electron chi connectivity index (χ3n) is 5.23. The average Bonchev–Trinajstić information content (AvgIpc) is 2.90. The van der Waals surface area contributed by atoms with Crippen molar-refractivity contribution in [2.75, 3.05) is 11.6 Å². The summed E-state index contributed by atoms with van der Waals surface area (Å²) in [5, 5.41) is 13.3. The lowest BCUT2D eigenvalue weighted by Gasteiger charge is -2.43. The molecule has 2 atom stereocenters. The van der Waals surface area contributed by atoms with Gasteiger partial charge in [0.05, 0.1) is 17.6 Å². The minimum Gasteiger partial charge on any atom is -0.363 e. The van der Waals surface area contributed by atoms with Gasteiger partial charge in [-0.3, -0.25) is 0 Å². The monoisotopic (exact) mass is 373 g/mol. The molecular formula is C19H20BrNO2. The molecule has 1 saturated carbocycles. The van der Waals surface area contributed by atoms with Crippen molar-refractivity contribution in [3.8, 4) is 0 Å². The van der Waals surface area contributed by atoms with E-state index in [0.29, 0.717) is 13.0 Å². The second-order valence-electron chi connectivity index (χ2n) is 6.52. The summed E-state index contributed by atoms with van der Waals surface area (Å²) >= 11 is 3.68. The largest absolute Gasteiger partial charge is 0.363 e. The molecule has 4 heteroatoms. The van der Waals surface area contributed by atoms with Crippen LogP contribution in [0.15, 0.2) is 59.1 Å². The molecule has 2 aliphatic rings. The summed E-state index contributed by atoms with van der Waals surface area (Å²) in [4.78, 5) is 6.12. The van der Waals surface area contributed by atoms with Crippen LogP contribution in [0.25, 0.3) is 0 Å². The SMILES string of the molecule is OC12CCCCC1(c1ccccc1Br)CN(c1ccccc1)O2. The molecule has 1 aliphatic heterocycles. The number of benzene rings is 2. The van der Waals surface area contributed by atoms with Gasteiger partial charge in [0.2, 0.25) is 5.79 Å². The van der Waals surface area contributed by atoms with Crippen molar-refractivity contribution in [1.82, 2.24) is 0 Å². The molecule has 2 aromatic rings. The standard InChI is InChI=1S/C19H20BrNO2/c20-17-11-5-4-10-16(17)18-12-6-7-13-19(18,22)23-21(14-18)15-8-2-1-3-9-15/h1-5,8-11,22H,6-7,12-14H2. The number of aliphatic hydroxyl groups is 1. The predicted octanol–water partition coefficient (Wildman–Crippen LogP) is 4.40. The van der Waals surface area contributed by atoms with E-state index in [1.54, 1.807) is 0 Å². The minimum absolute atomic E-state index is 0.402. The van der Waals surface area contributed by atoms with Crippen molar-refractivity contribution in [1.29, 1.82) is 0 Å². The van der Waals surface area contributed by atoms with E-state index in [0.717, 1.165) is 35.0 Å². The van der Waals surface area contributed by atoms with E-state index in [2.05, 4.69) is 22.0 Å². The van der Waals surface area contributed by atoms with E-state index in [1.165, 1.54) is 0 Å². The van der Waals surface area contributed by atoms with Gasteiger partial charge >= 0.3 is 0 Å². The van der Waals surface area contributed by atoms with Gasteiger partial charge in [-0.1, -0.05) is 58.7 Å². The van der Waals surface area contributed by atoms with Crippen LogP contribution >= 0.6 is 15.9 Å². The highest BCUT2D eigenvalue weighted by Gasteiger charge is 2.61. The molecule has 1 aliphatic carbocycles. The van der Waals surface area contributed by atoms with Crippen LogP contribution in [0.5, 0.6) is 0 Å². The quantitative estimate of drug-likeness (QED) is 0.846. The van der Waals surface area contributed by atoms with Gasteiger partial charge in [0.15, 0.2) is 0 Å². The molecule has 23 heavy (non-hydrogen) atoms. The molecule has 120 valence electrons. The number of hydroxylamine groups is 1. The van der Waals surface area contributed by atoms with Crippen LogP contribution in [0.3, 0.4) is 0 Å². The molecule has 1 heterocycles. The Bertz CT molecular complexity index is 708. The number of nitrogens with zero attached hydrogens (tertiary/aromatic N) is 1. The zero-order chi connectivity index (χ0) is 15.9. The van der Waals surface area contributed by atoms with Crippen LogP contribution in [-0.4, -0.2) is 17.4 Å². The number of anilines is 1. The first-order valence-corrected chi connectivity index (χ1v) is 8.93. The molecule has 2 aromatic carbocycles. The topological polar surface area (TPSA) is 32.7 Å². The van der Waals surface area contributed by atoms with E-state index in [4.69, 9.17) is 4.84 Å². The molecule has 2 unspecified atom stereocenters. The van der Waals surface area contributed by atoms with Crippen LogP contribution in [-0.2, 0) is 10.3 Å². The summed E-state index contributed by atoms with van der Waals surface area (Å²) in [5.41, 5.74) is 1.73. The maximum absolute atomic E-state index is 11.4. The van der Waals surface area contributed by atoms with Gasteiger partial charge in [-0.05, 0) is 36.6 Å². The van der Waals surface area contributed by atoms with Gasteiger partial charge in [-0.25, -0.2) is 9.90 Å². The van der Waals surface area contributed by atoms with Gasteiger partial charge in [-0.15, -0.1) is 0 Å². The minimum atomic E-state index is -1.15. The van der Waals surface area contributed by atoms with Crippen molar-refractivity contribution in [2.24, 2.45) is 0 Å². The van der Waals surface area contributed by atoms with Crippen LogP contribution in [0, 0.1) is 0 Å². The Labute approximate surface area is 145 Å². The molecule has 2 fully saturated rings. The van der Waals surface area contributed by atoms with E-state index >= 15 is 0 Å².